The Labute approximate surface area is 94.3 Å². The summed E-state index contributed by atoms with van der Waals surface area (Å²) in [6, 6.07) is 3.97. The average molecular weight is 217 g/mol. The normalized spacial score (nSPS) is 20.4. The Balaban J connectivity index is 2.12. The van der Waals surface area contributed by atoms with E-state index in [2.05, 4.69) is 20.9 Å². The molecule has 3 heterocycles. The van der Waals surface area contributed by atoms with Crippen molar-refractivity contribution in [2.45, 2.75) is 12.3 Å². The standard InChI is InChI=1S/C12H15N3O/c1-16-11-3-2-6-15-10(11)8-14-12(15)9-4-5-13-7-9/h2-3,6,8-9,13H,4-5,7H2,1H3. The molecule has 84 valence electrons. The van der Waals surface area contributed by atoms with Crippen molar-refractivity contribution in [2.24, 2.45) is 0 Å². The van der Waals surface area contributed by atoms with Gasteiger partial charge in [-0.15, -0.1) is 0 Å². The molecule has 4 nitrogen and oxygen atoms in total. The van der Waals surface area contributed by atoms with E-state index in [1.165, 1.54) is 0 Å². The van der Waals surface area contributed by atoms with Gasteiger partial charge in [-0.3, -0.25) is 0 Å². The highest BCUT2D eigenvalue weighted by molar-refractivity contribution is 5.59. The minimum absolute atomic E-state index is 0.523. The van der Waals surface area contributed by atoms with E-state index >= 15 is 0 Å². The number of imidazole rings is 1. The van der Waals surface area contributed by atoms with Gasteiger partial charge < -0.3 is 14.5 Å². The molecule has 16 heavy (non-hydrogen) atoms. The van der Waals surface area contributed by atoms with E-state index in [-0.39, 0.29) is 0 Å². The molecule has 1 unspecified atom stereocenters. The third-order valence-corrected chi connectivity index (χ3v) is 3.21. The number of methoxy groups -OCH3 is 1. The maximum absolute atomic E-state index is 5.33. The predicted octanol–water partition coefficient (Wildman–Crippen LogP) is 1.42. The molecule has 3 rings (SSSR count). The molecule has 0 saturated carbocycles. The first-order valence-corrected chi connectivity index (χ1v) is 5.61. The van der Waals surface area contributed by atoms with E-state index in [1.54, 1.807) is 7.11 Å². The number of nitrogens with one attached hydrogen (secondary N) is 1. The van der Waals surface area contributed by atoms with Crippen LogP contribution in [0.4, 0.5) is 0 Å². The van der Waals surface area contributed by atoms with E-state index in [0.717, 1.165) is 36.6 Å². The van der Waals surface area contributed by atoms with Gasteiger partial charge in [0, 0.05) is 18.7 Å². The number of nitrogens with zero attached hydrogens (tertiary/aromatic N) is 2. The molecule has 0 bridgehead atoms. The molecule has 1 aliphatic heterocycles. The van der Waals surface area contributed by atoms with Crippen molar-refractivity contribution in [3.63, 3.8) is 0 Å². The Morgan fingerprint density at radius 2 is 2.50 bits per heavy atom. The Hall–Kier alpha value is -1.55. The second-order valence-corrected chi connectivity index (χ2v) is 4.14. The zero-order chi connectivity index (χ0) is 11.0. The molecule has 1 aliphatic rings. The van der Waals surface area contributed by atoms with Crippen LogP contribution in [0.2, 0.25) is 0 Å². The van der Waals surface area contributed by atoms with E-state index in [4.69, 9.17) is 4.74 Å². The molecular formula is C12H15N3O. The van der Waals surface area contributed by atoms with Crippen LogP contribution >= 0.6 is 0 Å². The van der Waals surface area contributed by atoms with Gasteiger partial charge in [-0.05, 0) is 25.1 Å². The first kappa shape index (κ1) is 9.66. The fraction of sp³-hybridized carbons (Fsp3) is 0.417. The van der Waals surface area contributed by atoms with Gasteiger partial charge in [0.05, 0.1) is 13.3 Å². The topological polar surface area (TPSA) is 38.6 Å². The van der Waals surface area contributed by atoms with Gasteiger partial charge in [0.25, 0.3) is 0 Å². The number of fused-ring (bicyclic) bond motifs is 1. The van der Waals surface area contributed by atoms with Crippen LogP contribution < -0.4 is 10.1 Å². The second kappa shape index (κ2) is 3.79. The highest BCUT2D eigenvalue weighted by Crippen LogP contribution is 2.26. The van der Waals surface area contributed by atoms with Crippen molar-refractivity contribution in [1.82, 2.24) is 14.7 Å². The number of hydrogen-bond donors (Lipinski definition) is 1. The Morgan fingerprint density at radius 3 is 3.25 bits per heavy atom. The number of aromatic nitrogens is 2. The molecule has 0 radical (unpaired) electrons. The third kappa shape index (κ3) is 1.38. The van der Waals surface area contributed by atoms with Gasteiger partial charge in [0.2, 0.25) is 0 Å². The van der Waals surface area contributed by atoms with E-state index in [1.807, 2.05) is 18.3 Å². The van der Waals surface area contributed by atoms with Crippen LogP contribution in [0, 0.1) is 0 Å². The van der Waals surface area contributed by atoms with E-state index in [0.29, 0.717) is 5.92 Å². The highest BCUT2D eigenvalue weighted by Gasteiger charge is 2.21. The fourth-order valence-corrected chi connectivity index (χ4v) is 2.37. The summed E-state index contributed by atoms with van der Waals surface area (Å²) in [5.74, 6) is 2.54. The summed E-state index contributed by atoms with van der Waals surface area (Å²) >= 11 is 0. The van der Waals surface area contributed by atoms with Crippen LogP contribution in [0.5, 0.6) is 5.75 Å². The summed E-state index contributed by atoms with van der Waals surface area (Å²) < 4.78 is 7.46. The van der Waals surface area contributed by atoms with Crippen LogP contribution in [0.1, 0.15) is 18.2 Å². The van der Waals surface area contributed by atoms with Gasteiger partial charge in [0.15, 0.2) is 0 Å². The zero-order valence-electron chi connectivity index (χ0n) is 9.31. The van der Waals surface area contributed by atoms with Gasteiger partial charge in [0.1, 0.15) is 17.1 Å². The molecule has 0 spiro atoms. The number of ether oxygens (including phenoxy) is 1. The molecule has 2 aromatic heterocycles. The third-order valence-electron chi connectivity index (χ3n) is 3.21. The largest absolute Gasteiger partial charge is 0.494 e. The minimum atomic E-state index is 0.523. The molecule has 0 amide bonds. The van der Waals surface area contributed by atoms with Crippen molar-refractivity contribution in [3.8, 4) is 5.75 Å². The smallest absolute Gasteiger partial charge is 0.144 e. The lowest BCUT2D eigenvalue weighted by Crippen LogP contribution is -2.10. The lowest BCUT2D eigenvalue weighted by molar-refractivity contribution is 0.417. The van der Waals surface area contributed by atoms with Crippen molar-refractivity contribution in [1.29, 1.82) is 0 Å². The highest BCUT2D eigenvalue weighted by atomic mass is 16.5. The number of rotatable bonds is 2. The van der Waals surface area contributed by atoms with Crippen LogP contribution in [0.15, 0.2) is 24.5 Å². The second-order valence-electron chi connectivity index (χ2n) is 4.14. The summed E-state index contributed by atoms with van der Waals surface area (Å²) in [5.41, 5.74) is 1.05. The minimum Gasteiger partial charge on any atom is -0.494 e. The molecule has 2 aromatic rings. The van der Waals surface area contributed by atoms with E-state index < -0.39 is 0 Å². The quantitative estimate of drug-likeness (QED) is 0.826. The lowest BCUT2D eigenvalue weighted by Gasteiger charge is -2.08. The van der Waals surface area contributed by atoms with Crippen LogP contribution in [0.3, 0.4) is 0 Å². The molecular weight excluding hydrogens is 202 g/mol. The molecule has 1 N–H and O–H groups in total. The van der Waals surface area contributed by atoms with Gasteiger partial charge in [-0.25, -0.2) is 4.98 Å². The Morgan fingerprint density at radius 1 is 1.56 bits per heavy atom. The maximum atomic E-state index is 5.33. The molecule has 1 saturated heterocycles. The molecule has 0 aliphatic carbocycles. The molecule has 4 heteroatoms. The summed E-state index contributed by atoms with van der Waals surface area (Å²) in [4.78, 5) is 4.53. The average Bonchev–Trinajstić information content (AvgIpc) is 2.96. The van der Waals surface area contributed by atoms with Crippen molar-refractivity contribution in [3.05, 3.63) is 30.4 Å². The van der Waals surface area contributed by atoms with Crippen LogP contribution in [0.25, 0.3) is 5.52 Å². The number of hydrogen-bond acceptors (Lipinski definition) is 3. The van der Waals surface area contributed by atoms with E-state index in [9.17, 15) is 0 Å². The summed E-state index contributed by atoms with van der Waals surface area (Å²) in [7, 11) is 1.69. The predicted molar refractivity (Wildman–Crippen MR) is 62.0 cm³/mol. The SMILES string of the molecule is COc1cccn2c(C3CCNC3)ncc12. The summed E-state index contributed by atoms with van der Waals surface area (Å²) in [6.07, 6.45) is 5.11. The number of pyridine rings is 1. The maximum Gasteiger partial charge on any atom is 0.144 e. The molecule has 1 fully saturated rings. The van der Waals surface area contributed by atoms with Crippen molar-refractivity contribution >= 4 is 5.52 Å². The lowest BCUT2D eigenvalue weighted by atomic mass is 10.1. The summed E-state index contributed by atoms with van der Waals surface area (Å²) in [5, 5.41) is 3.37. The van der Waals surface area contributed by atoms with Gasteiger partial charge in [-0.2, -0.15) is 0 Å². The van der Waals surface area contributed by atoms with Crippen molar-refractivity contribution < 1.29 is 4.74 Å². The summed E-state index contributed by atoms with van der Waals surface area (Å²) in [6.45, 7) is 2.11. The molecule has 1 atom stereocenters. The fourth-order valence-electron chi connectivity index (χ4n) is 2.37. The first-order chi connectivity index (χ1) is 7.90. The van der Waals surface area contributed by atoms with Gasteiger partial charge in [-0.1, -0.05) is 0 Å². The van der Waals surface area contributed by atoms with Gasteiger partial charge >= 0.3 is 0 Å². The zero-order valence-corrected chi connectivity index (χ0v) is 9.31. The van der Waals surface area contributed by atoms with Crippen molar-refractivity contribution in [2.75, 3.05) is 20.2 Å². The Kier molecular flexibility index (Phi) is 2.29. The molecule has 0 aromatic carbocycles. The monoisotopic (exact) mass is 217 g/mol. The van der Waals surface area contributed by atoms with Crippen LogP contribution in [-0.2, 0) is 0 Å². The Bertz CT molecular complexity index is 500. The first-order valence-electron chi connectivity index (χ1n) is 5.61. The van der Waals surface area contributed by atoms with Crippen LogP contribution in [-0.4, -0.2) is 29.6 Å².